The second kappa shape index (κ2) is 8.12. The monoisotopic (exact) mass is 383 g/mol. The van der Waals surface area contributed by atoms with Crippen LogP contribution in [0.25, 0.3) is 11.0 Å². The average Bonchev–Trinajstić information content (AvgIpc) is 2.96. The molecule has 1 aromatic heterocycles. The van der Waals surface area contributed by atoms with E-state index in [1.165, 1.54) is 12.0 Å². The number of para-hydroxylation sites is 1. The molecular formula is C16H18BrNO5. The van der Waals surface area contributed by atoms with Crippen LogP contribution in [0.2, 0.25) is 0 Å². The first-order valence-electron chi connectivity index (χ1n) is 7.18. The molecule has 0 aliphatic heterocycles. The van der Waals surface area contributed by atoms with E-state index in [1.807, 2.05) is 18.2 Å². The van der Waals surface area contributed by atoms with E-state index < -0.39 is 5.97 Å². The number of hydrogen-bond donors (Lipinski definition) is 0. The molecule has 7 heteroatoms. The van der Waals surface area contributed by atoms with Gasteiger partial charge in [0.2, 0.25) is 0 Å². The number of esters is 1. The third kappa shape index (κ3) is 4.33. The van der Waals surface area contributed by atoms with Crippen LogP contribution in [-0.2, 0) is 14.3 Å². The molecule has 0 bridgehead atoms. The number of carbonyl (C=O) groups is 2. The molecule has 0 N–H and O–H groups in total. The van der Waals surface area contributed by atoms with Gasteiger partial charge in [-0.05, 0) is 35.0 Å². The molecule has 23 heavy (non-hydrogen) atoms. The van der Waals surface area contributed by atoms with Gasteiger partial charge in [-0.2, -0.15) is 0 Å². The lowest BCUT2D eigenvalue weighted by atomic mass is 10.2. The van der Waals surface area contributed by atoms with E-state index in [9.17, 15) is 9.59 Å². The molecule has 1 aromatic carbocycles. The number of furan rings is 1. The van der Waals surface area contributed by atoms with Crippen LogP contribution in [0, 0.1) is 0 Å². The molecule has 0 aliphatic rings. The molecule has 0 radical (unpaired) electrons. The fourth-order valence-corrected chi connectivity index (χ4v) is 2.57. The summed E-state index contributed by atoms with van der Waals surface area (Å²) in [6, 6.07) is 7.21. The van der Waals surface area contributed by atoms with Gasteiger partial charge in [-0.1, -0.05) is 12.1 Å². The summed E-state index contributed by atoms with van der Waals surface area (Å²) in [5.41, 5.74) is 0.596. The summed E-state index contributed by atoms with van der Waals surface area (Å²) < 4.78 is 16.3. The van der Waals surface area contributed by atoms with E-state index in [0.29, 0.717) is 12.2 Å². The minimum Gasteiger partial charge on any atom is -0.465 e. The van der Waals surface area contributed by atoms with Gasteiger partial charge in [-0.15, -0.1) is 0 Å². The Hall–Kier alpha value is -1.86. The van der Waals surface area contributed by atoms with Crippen LogP contribution in [0.3, 0.4) is 0 Å². The number of methoxy groups -OCH3 is 1. The molecule has 0 spiro atoms. The standard InChI is InChI=1S/C16H18BrNO5/c1-3-22-14(19)10-18(7-8-21-2)16(20)13-9-11-5-4-6-12(17)15(11)23-13/h4-6,9H,3,7-8,10H2,1-2H3. The first kappa shape index (κ1) is 17.5. The van der Waals surface area contributed by atoms with E-state index in [0.717, 1.165) is 9.86 Å². The van der Waals surface area contributed by atoms with Gasteiger partial charge in [-0.25, -0.2) is 0 Å². The summed E-state index contributed by atoms with van der Waals surface area (Å²) in [5, 5.41) is 0.811. The zero-order valence-electron chi connectivity index (χ0n) is 13.0. The van der Waals surface area contributed by atoms with Crippen molar-refractivity contribution in [2.45, 2.75) is 6.92 Å². The minimum atomic E-state index is -0.464. The molecule has 6 nitrogen and oxygen atoms in total. The highest BCUT2D eigenvalue weighted by Gasteiger charge is 2.23. The first-order chi connectivity index (χ1) is 11.1. The lowest BCUT2D eigenvalue weighted by Crippen LogP contribution is -2.38. The number of ether oxygens (including phenoxy) is 2. The molecule has 0 fully saturated rings. The highest BCUT2D eigenvalue weighted by Crippen LogP contribution is 2.27. The van der Waals surface area contributed by atoms with Crippen LogP contribution in [0.5, 0.6) is 0 Å². The topological polar surface area (TPSA) is 69.0 Å². The highest BCUT2D eigenvalue weighted by molar-refractivity contribution is 9.10. The van der Waals surface area contributed by atoms with E-state index in [1.54, 1.807) is 13.0 Å². The van der Waals surface area contributed by atoms with Crippen molar-refractivity contribution in [3.8, 4) is 0 Å². The molecule has 2 rings (SSSR count). The Labute approximate surface area is 142 Å². The second-order valence-electron chi connectivity index (χ2n) is 4.79. The summed E-state index contributed by atoms with van der Waals surface area (Å²) in [6.45, 7) is 2.42. The van der Waals surface area contributed by atoms with Gasteiger partial charge < -0.3 is 18.8 Å². The van der Waals surface area contributed by atoms with Crippen LogP contribution < -0.4 is 0 Å². The maximum atomic E-state index is 12.6. The molecule has 0 saturated heterocycles. The molecule has 0 saturated carbocycles. The van der Waals surface area contributed by atoms with Crippen molar-refractivity contribution in [2.24, 2.45) is 0 Å². The third-order valence-electron chi connectivity index (χ3n) is 3.18. The van der Waals surface area contributed by atoms with Crippen LogP contribution in [0.1, 0.15) is 17.5 Å². The Morgan fingerprint density at radius 1 is 1.35 bits per heavy atom. The number of halogens is 1. The highest BCUT2D eigenvalue weighted by atomic mass is 79.9. The minimum absolute atomic E-state index is 0.145. The Kier molecular flexibility index (Phi) is 6.18. The van der Waals surface area contributed by atoms with Crippen LogP contribution in [0.15, 0.2) is 33.2 Å². The third-order valence-corrected chi connectivity index (χ3v) is 3.81. The molecule has 2 aromatic rings. The molecule has 0 unspecified atom stereocenters. The smallest absolute Gasteiger partial charge is 0.325 e. The number of nitrogens with zero attached hydrogens (tertiary/aromatic N) is 1. The zero-order valence-corrected chi connectivity index (χ0v) is 14.6. The molecule has 1 heterocycles. The van der Waals surface area contributed by atoms with Gasteiger partial charge in [0.05, 0.1) is 17.7 Å². The lowest BCUT2D eigenvalue weighted by molar-refractivity contribution is -0.143. The number of benzene rings is 1. The fourth-order valence-electron chi connectivity index (χ4n) is 2.11. The predicted molar refractivity (Wildman–Crippen MR) is 88.3 cm³/mol. The Balaban J connectivity index is 2.23. The zero-order chi connectivity index (χ0) is 16.8. The van der Waals surface area contributed by atoms with E-state index in [-0.39, 0.29) is 31.4 Å². The van der Waals surface area contributed by atoms with Crippen molar-refractivity contribution in [1.29, 1.82) is 0 Å². The fraction of sp³-hybridized carbons (Fsp3) is 0.375. The van der Waals surface area contributed by atoms with E-state index in [2.05, 4.69) is 15.9 Å². The number of fused-ring (bicyclic) bond motifs is 1. The maximum Gasteiger partial charge on any atom is 0.325 e. The van der Waals surface area contributed by atoms with Crippen molar-refractivity contribution in [2.75, 3.05) is 33.4 Å². The van der Waals surface area contributed by atoms with Crippen molar-refractivity contribution in [3.63, 3.8) is 0 Å². The molecule has 124 valence electrons. The van der Waals surface area contributed by atoms with Gasteiger partial charge in [-0.3, -0.25) is 9.59 Å². The average molecular weight is 384 g/mol. The Bertz CT molecular complexity index is 697. The molecule has 0 atom stereocenters. The van der Waals surface area contributed by atoms with Crippen LogP contribution in [0.4, 0.5) is 0 Å². The normalized spacial score (nSPS) is 10.7. The van der Waals surface area contributed by atoms with Crippen LogP contribution in [-0.4, -0.2) is 50.2 Å². The first-order valence-corrected chi connectivity index (χ1v) is 7.98. The van der Waals surface area contributed by atoms with Crippen molar-refractivity contribution in [1.82, 2.24) is 4.90 Å². The molecule has 1 amide bonds. The van der Waals surface area contributed by atoms with Gasteiger partial charge in [0.1, 0.15) is 12.1 Å². The summed E-state index contributed by atoms with van der Waals surface area (Å²) in [5.74, 6) is -0.667. The predicted octanol–water partition coefficient (Wildman–Crippen LogP) is 2.85. The SMILES string of the molecule is CCOC(=O)CN(CCOC)C(=O)c1cc2cccc(Br)c2o1. The van der Waals surface area contributed by atoms with Gasteiger partial charge in [0.15, 0.2) is 5.76 Å². The second-order valence-corrected chi connectivity index (χ2v) is 5.65. The largest absolute Gasteiger partial charge is 0.465 e. The quantitative estimate of drug-likeness (QED) is 0.687. The number of amides is 1. The van der Waals surface area contributed by atoms with Crippen molar-refractivity contribution in [3.05, 3.63) is 34.5 Å². The van der Waals surface area contributed by atoms with E-state index in [4.69, 9.17) is 13.9 Å². The molecular weight excluding hydrogens is 366 g/mol. The Morgan fingerprint density at radius 2 is 2.13 bits per heavy atom. The lowest BCUT2D eigenvalue weighted by Gasteiger charge is -2.20. The summed E-state index contributed by atoms with van der Waals surface area (Å²) in [6.07, 6.45) is 0. The summed E-state index contributed by atoms with van der Waals surface area (Å²) in [7, 11) is 1.53. The van der Waals surface area contributed by atoms with Gasteiger partial charge in [0, 0.05) is 19.0 Å². The Morgan fingerprint density at radius 3 is 2.78 bits per heavy atom. The van der Waals surface area contributed by atoms with Gasteiger partial charge in [0.25, 0.3) is 5.91 Å². The molecule has 0 aliphatic carbocycles. The van der Waals surface area contributed by atoms with Crippen molar-refractivity contribution < 1.29 is 23.5 Å². The summed E-state index contributed by atoms with van der Waals surface area (Å²) in [4.78, 5) is 25.7. The summed E-state index contributed by atoms with van der Waals surface area (Å²) >= 11 is 3.39. The maximum absolute atomic E-state index is 12.6. The van der Waals surface area contributed by atoms with Crippen LogP contribution >= 0.6 is 15.9 Å². The van der Waals surface area contributed by atoms with Gasteiger partial charge >= 0.3 is 5.97 Å². The van der Waals surface area contributed by atoms with Crippen molar-refractivity contribution >= 4 is 38.8 Å². The number of carbonyl (C=O) groups excluding carboxylic acids is 2. The van der Waals surface area contributed by atoms with E-state index >= 15 is 0 Å². The number of hydrogen-bond acceptors (Lipinski definition) is 5. The number of rotatable bonds is 7.